The number of nitrogens with zero attached hydrogens (tertiary/aromatic N) is 1. The Bertz CT molecular complexity index is 1530. The maximum atomic E-state index is 15.1. The normalized spacial score (nSPS) is 17.5. The molecule has 0 aliphatic heterocycles. The number of halogens is 8. The van der Waals surface area contributed by atoms with Gasteiger partial charge in [-0.2, -0.15) is 8.78 Å². The first kappa shape index (κ1) is 28.6. The second-order valence-electron chi connectivity index (χ2n) is 10.3. The fourth-order valence-electron chi connectivity index (χ4n) is 5.12. The Labute approximate surface area is 230 Å². The van der Waals surface area contributed by atoms with Crippen molar-refractivity contribution in [1.82, 2.24) is 4.98 Å². The van der Waals surface area contributed by atoms with E-state index in [0.29, 0.717) is 35.2 Å². The molecular formula is C31H23F8NO. The molecule has 1 aliphatic carbocycles. The van der Waals surface area contributed by atoms with Crippen LogP contribution in [0.4, 0.5) is 35.1 Å². The van der Waals surface area contributed by atoms with E-state index in [-0.39, 0.29) is 23.3 Å². The van der Waals surface area contributed by atoms with E-state index in [2.05, 4.69) is 16.6 Å². The van der Waals surface area contributed by atoms with Crippen molar-refractivity contribution in [3.05, 3.63) is 107 Å². The second kappa shape index (κ2) is 11.1. The molecule has 1 aliphatic rings. The van der Waals surface area contributed by atoms with Gasteiger partial charge in [0.25, 0.3) is 0 Å². The van der Waals surface area contributed by atoms with Crippen LogP contribution in [0.3, 0.4) is 0 Å². The van der Waals surface area contributed by atoms with E-state index in [1.165, 1.54) is 12.1 Å². The van der Waals surface area contributed by atoms with Gasteiger partial charge in [-0.05, 0) is 60.1 Å². The molecule has 0 unspecified atom stereocenters. The Hall–Kier alpha value is -3.95. The molecule has 0 atom stereocenters. The molecule has 5 rings (SSSR count). The van der Waals surface area contributed by atoms with E-state index in [0.717, 1.165) is 37.3 Å². The van der Waals surface area contributed by atoms with Crippen LogP contribution in [0.25, 0.3) is 22.4 Å². The van der Waals surface area contributed by atoms with Gasteiger partial charge in [0, 0.05) is 29.5 Å². The number of alkyl halides is 2. The van der Waals surface area contributed by atoms with E-state index in [1.807, 2.05) is 6.07 Å². The molecule has 3 aromatic carbocycles. The highest BCUT2D eigenvalue weighted by atomic mass is 19.3. The highest BCUT2D eigenvalue weighted by molar-refractivity contribution is 5.70. The largest absolute Gasteiger partial charge is 0.432 e. The van der Waals surface area contributed by atoms with Gasteiger partial charge in [0.1, 0.15) is 28.8 Å². The van der Waals surface area contributed by atoms with E-state index in [9.17, 15) is 30.7 Å². The summed E-state index contributed by atoms with van der Waals surface area (Å²) in [7, 11) is 0. The number of hydrogen-bond acceptors (Lipinski definition) is 2. The molecule has 0 saturated heterocycles. The summed E-state index contributed by atoms with van der Waals surface area (Å²) in [6.45, 7) is 2.24. The average Bonchev–Trinajstić information content (AvgIpc) is 2.91. The average molecular weight is 578 g/mol. The molecule has 214 valence electrons. The zero-order chi connectivity index (χ0) is 29.5. The molecule has 10 heteroatoms. The molecule has 0 bridgehead atoms. The van der Waals surface area contributed by atoms with Crippen molar-refractivity contribution < 1.29 is 39.9 Å². The Morgan fingerprint density at radius 2 is 1.32 bits per heavy atom. The highest BCUT2D eigenvalue weighted by Crippen LogP contribution is 2.39. The predicted molar refractivity (Wildman–Crippen MR) is 136 cm³/mol. The van der Waals surface area contributed by atoms with Crippen LogP contribution >= 0.6 is 0 Å². The molecule has 2 nitrogen and oxygen atoms in total. The summed E-state index contributed by atoms with van der Waals surface area (Å²) in [5.74, 6) is -10.1. The quantitative estimate of drug-likeness (QED) is 0.168. The summed E-state index contributed by atoms with van der Waals surface area (Å²) in [5, 5.41) is 0. The number of hydrogen-bond donors (Lipinski definition) is 0. The SMILES string of the molecule is CC1CCC(c2ccc(-c3ccc(-c4cc(F)c(C(F)(F)Oc5cc(F)c(F)c(F)c5)c(F)c4)c(F)c3)nc2)CC1. The van der Waals surface area contributed by atoms with Crippen LogP contribution in [0.2, 0.25) is 0 Å². The lowest BCUT2D eigenvalue weighted by molar-refractivity contribution is -0.189. The van der Waals surface area contributed by atoms with Crippen molar-refractivity contribution in [3.63, 3.8) is 0 Å². The topological polar surface area (TPSA) is 22.1 Å². The van der Waals surface area contributed by atoms with Crippen LogP contribution in [-0.2, 0) is 6.11 Å². The van der Waals surface area contributed by atoms with E-state index in [4.69, 9.17) is 0 Å². The number of rotatable bonds is 6. The molecular weight excluding hydrogens is 554 g/mol. The Morgan fingerprint density at radius 3 is 1.88 bits per heavy atom. The van der Waals surface area contributed by atoms with Crippen molar-refractivity contribution >= 4 is 0 Å². The molecule has 41 heavy (non-hydrogen) atoms. The Balaban J connectivity index is 1.38. The Kier molecular flexibility index (Phi) is 7.76. The van der Waals surface area contributed by atoms with Crippen LogP contribution in [0, 0.1) is 40.8 Å². The van der Waals surface area contributed by atoms with Crippen LogP contribution in [0.1, 0.15) is 49.7 Å². The molecule has 0 N–H and O–H groups in total. The van der Waals surface area contributed by atoms with E-state index in [1.54, 1.807) is 12.3 Å². The summed E-state index contributed by atoms with van der Waals surface area (Å²) < 4.78 is 118. The van der Waals surface area contributed by atoms with Gasteiger partial charge in [-0.1, -0.05) is 38.0 Å². The molecule has 0 amide bonds. The summed E-state index contributed by atoms with van der Waals surface area (Å²) in [6, 6.07) is 8.76. The van der Waals surface area contributed by atoms with Crippen molar-refractivity contribution in [2.75, 3.05) is 0 Å². The predicted octanol–water partition coefficient (Wildman–Crippen LogP) is 9.67. The van der Waals surface area contributed by atoms with Crippen LogP contribution in [-0.4, -0.2) is 4.98 Å². The molecule has 4 aromatic rings. The van der Waals surface area contributed by atoms with Crippen LogP contribution in [0.5, 0.6) is 5.75 Å². The summed E-state index contributed by atoms with van der Waals surface area (Å²) in [5.41, 5.74) is -0.512. The third-order valence-electron chi connectivity index (χ3n) is 7.39. The minimum absolute atomic E-state index is 0.103. The lowest BCUT2D eigenvalue weighted by Crippen LogP contribution is -2.25. The lowest BCUT2D eigenvalue weighted by atomic mass is 9.80. The van der Waals surface area contributed by atoms with Crippen molar-refractivity contribution in [3.8, 4) is 28.1 Å². The maximum Gasteiger partial charge on any atom is 0.432 e. The van der Waals surface area contributed by atoms with Crippen LogP contribution in [0.15, 0.2) is 60.8 Å². The number of pyridine rings is 1. The first-order chi connectivity index (χ1) is 19.4. The smallest absolute Gasteiger partial charge is 0.429 e. The van der Waals surface area contributed by atoms with Gasteiger partial charge in [-0.25, -0.2) is 26.3 Å². The number of benzene rings is 3. The van der Waals surface area contributed by atoms with E-state index >= 15 is 4.39 Å². The fraction of sp³-hybridized carbons (Fsp3) is 0.258. The van der Waals surface area contributed by atoms with Gasteiger partial charge in [0.05, 0.1) is 5.69 Å². The zero-order valence-electron chi connectivity index (χ0n) is 21.6. The first-order valence-electron chi connectivity index (χ1n) is 12.9. The summed E-state index contributed by atoms with van der Waals surface area (Å²) >= 11 is 0. The molecule has 1 saturated carbocycles. The van der Waals surface area contributed by atoms with Gasteiger partial charge in [0.15, 0.2) is 17.5 Å². The highest BCUT2D eigenvalue weighted by Gasteiger charge is 2.41. The fourth-order valence-corrected chi connectivity index (χ4v) is 5.12. The molecule has 0 radical (unpaired) electrons. The minimum Gasteiger partial charge on any atom is -0.429 e. The van der Waals surface area contributed by atoms with Crippen molar-refractivity contribution in [2.45, 2.75) is 44.6 Å². The summed E-state index contributed by atoms with van der Waals surface area (Å²) in [4.78, 5) is 4.45. The van der Waals surface area contributed by atoms with Gasteiger partial charge in [0.2, 0.25) is 0 Å². The second-order valence-corrected chi connectivity index (χ2v) is 10.3. The molecule has 1 aromatic heterocycles. The van der Waals surface area contributed by atoms with Crippen molar-refractivity contribution in [1.29, 1.82) is 0 Å². The van der Waals surface area contributed by atoms with E-state index < -0.39 is 52.3 Å². The Morgan fingerprint density at radius 1 is 0.707 bits per heavy atom. The van der Waals surface area contributed by atoms with Crippen LogP contribution < -0.4 is 4.74 Å². The third kappa shape index (κ3) is 5.92. The monoisotopic (exact) mass is 577 g/mol. The number of aromatic nitrogens is 1. The molecule has 0 spiro atoms. The first-order valence-corrected chi connectivity index (χ1v) is 12.9. The summed E-state index contributed by atoms with van der Waals surface area (Å²) in [6.07, 6.45) is 1.49. The van der Waals surface area contributed by atoms with Gasteiger partial charge in [-0.15, -0.1) is 0 Å². The minimum atomic E-state index is -4.75. The van der Waals surface area contributed by atoms with Gasteiger partial charge in [-0.3, -0.25) is 4.98 Å². The molecule has 1 heterocycles. The van der Waals surface area contributed by atoms with Crippen molar-refractivity contribution in [2.24, 2.45) is 5.92 Å². The third-order valence-corrected chi connectivity index (χ3v) is 7.39. The molecule has 1 fully saturated rings. The number of ether oxygens (including phenoxy) is 1. The van der Waals surface area contributed by atoms with Gasteiger partial charge >= 0.3 is 6.11 Å². The lowest BCUT2D eigenvalue weighted by Gasteiger charge is -2.26. The maximum absolute atomic E-state index is 15.1. The zero-order valence-corrected chi connectivity index (χ0v) is 21.6. The standard InChI is InChI=1S/C31H23F8NO/c1-16-2-4-17(5-3-16)19-7-9-28(40-15-19)18-6-8-22(23(32)10-18)20-11-24(33)29(25(34)12-20)31(38,39)41-21-13-26(35)30(37)27(36)14-21/h6-17H,2-5H2,1H3. The van der Waals surface area contributed by atoms with Gasteiger partial charge < -0.3 is 4.74 Å².